The Morgan fingerprint density at radius 2 is 1.71 bits per heavy atom. The van der Waals surface area contributed by atoms with E-state index in [1.165, 1.54) is 5.56 Å². The third kappa shape index (κ3) is 6.60. The Morgan fingerprint density at radius 1 is 1.14 bits per heavy atom. The third-order valence-electron chi connectivity index (χ3n) is 3.86. The summed E-state index contributed by atoms with van der Waals surface area (Å²) < 4.78 is 0. The predicted octanol–water partition coefficient (Wildman–Crippen LogP) is 2.65. The summed E-state index contributed by atoms with van der Waals surface area (Å²) in [6, 6.07) is 11.0. The average molecular weight is 292 g/mol. The minimum absolute atomic E-state index is 0.126. The molecule has 21 heavy (non-hydrogen) atoms. The van der Waals surface area contributed by atoms with Gasteiger partial charge < -0.3 is 15.3 Å². The van der Waals surface area contributed by atoms with E-state index in [4.69, 9.17) is 0 Å². The van der Waals surface area contributed by atoms with Crippen molar-refractivity contribution in [1.29, 1.82) is 0 Å². The first-order valence-electron chi connectivity index (χ1n) is 7.78. The van der Waals surface area contributed by atoms with E-state index < -0.39 is 5.60 Å². The monoisotopic (exact) mass is 292 g/mol. The molecule has 0 aliphatic rings. The van der Waals surface area contributed by atoms with Crippen molar-refractivity contribution in [3.63, 3.8) is 0 Å². The summed E-state index contributed by atoms with van der Waals surface area (Å²) in [5.74, 6) is 0. The molecular weight excluding hydrogens is 260 g/mol. The fourth-order valence-corrected chi connectivity index (χ4v) is 2.98. The first kappa shape index (κ1) is 18.1. The van der Waals surface area contributed by atoms with Crippen molar-refractivity contribution in [3.05, 3.63) is 35.9 Å². The largest absolute Gasteiger partial charge is 0.388 e. The fourth-order valence-electron chi connectivity index (χ4n) is 2.98. The Morgan fingerprint density at radius 3 is 2.24 bits per heavy atom. The molecule has 0 aromatic heterocycles. The number of aliphatic hydroxyl groups is 1. The van der Waals surface area contributed by atoms with Gasteiger partial charge >= 0.3 is 0 Å². The Balaban J connectivity index is 2.52. The highest BCUT2D eigenvalue weighted by Gasteiger charge is 2.26. The maximum atomic E-state index is 10.3. The molecule has 0 fully saturated rings. The van der Waals surface area contributed by atoms with Crippen molar-refractivity contribution in [2.45, 2.75) is 51.2 Å². The normalized spacial score (nSPS) is 16.8. The lowest BCUT2D eigenvalue weighted by molar-refractivity contribution is 0.0310. The van der Waals surface area contributed by atoms with Crippen molar-refractivity contribution < 1.29 is 5.11 Å². The van der Waals surface area contributed by atoms with Crippen LogP contribution >= 0.6 is 0 Å². The number of nitrogens with zero attached hydrogens (tertiary/aromatic N) is 1. The van der Waals surface area contributed by atoms with E-state index in [-0.39, 0.29) is 5.41 Å². The first-order chi connectivity index (χ1) is 9.62. The zero-order valence-electron chi connectivity index (χ0n) is 14.5. The van der Waals surface area contributed by atoms with Gasteiger partial charge in [-0.05, 0) is 45.3 Å². The Labute approximate surface area is 130 Å². The molecule has 1 aromatic rings. The molecule has 120 valence electrons. The lowest BCUT2D eigenvalue weighted by Crippen LogP contribution is -2.48. The number of likely N-dealkylation sites (N-methyl/N-ethyl adjacent to an activating group) is 1. The fraction of sp³-hybridized carbons (Fsp3) is 0.667. The second kappa shape index (κ2) is 7.39. The molecule has 1 aromatic carbocycles. The maximum Gasteiger partial charge on any atom is 0.0869 e. The predicted molar refractivity (Wildman–Crippen MR) is 90.7 cm³/mol. The molecule has 0 aliphatic carbocycles. The van der Waals surface area contributed by atoms with Crippen LogP contribution in [0.3, 0.4) is 0 Å². The van der Waals surface area contributed by atoms with Crippen LogP contribution in [-0.2, 0) is 5.41 Å². The molecule has 2 N–H and O–H groups in total. The van der Waals surface area contributed by atoms with E-state index in [0.717, 1.165) is 6.42 Å². The molecular formula is C18H32N2O. The second-order valence-corrected chi connectivity index (χ2v) is 7.47. The summed E-state index contributed by atoms with van der Waals surface area (Å²) in [5, 5.41) is 13.8. The van der Waals surface area contributed by atoms with Gasteiger partial charge in [-0.2, -0.15) is 0 Å². The van der Waals surface area contributed by atoms with Crippen LogP contribution in [0, 0.1) is 0 Å². The molecule has 3 heteroatoms. The third-order valence-corrected chi connectivity index (χ3v) is 3.86. The van der Waals surface area contributed by atoms with Crippen molar-refractivity contribution in [2.24, 2.45) is 0 Å². The molecule has 0 bridgehead atoms. The SMILES string of the molecule is CC(CC(C)(C)c1ccccc1)NCC(C)(O)CN(C)C. The van der Waals surface area contributed by atoms with Crippen LogP contribution in [0.4, 0.5) is 0 Å². The van der Waals surface area contributed by atoms with Crippen LogP contribution in [-0.4, -0.2) is 48.8 Å². The summed E-state index contributed by atoms with van der Waals surface area (Å²) in [7, 11) is 3.97. The molecule has 0 heterocycles. The molecule has 0 amide bonds. The average Bonchev–Trinajstić information content (AvgIpc) is 2.36. The molecule has 2 atom stereocenters. The van der Waals surface area contributed by atoms with Gasteiger partial charge in [-0.1, -0.05) is 44.2 Å². The summed E-state index contributed by atoms with van der Waals surface area (Å²) in [6.45, 7) is 9.90. The Hall–Kier alpha value is -0.900. The first-order valence-corrected chi connectivity index (χ1v) is 7.78. The number of rotatable bonds is 8. The van der Waals surface area contributed by atoms with Crippen molar-refractivity contribution in [3.8, 4) is 0 Å². The number of benzene rings is 1. The molecule has 0 aliphatic heterocycles. The quantitative estimate of drug-likeness (QED) is 0.773. The van der Waals surface area contributed by atoms with Crippen LogP contribution < -0.4 is 5.32 Å². The van der Waals surface area contributed by atoms with E-state index in [0.29, 0.717) is 19.1 Å². The zero-order chi connectivity index (χ0) is 16.1. The van der Waals surface area contributed by atoms with Gasteiger partial charge in [-0.3, -0.25) is 0 Å². The Kier molecular flexibility index (Phi) is 6.39. The van der Waals surface area contributed by atoms with Crippen molar-refractivity contribution in [1.82, 2.24) is 10.2 Å². The highest BCUT2D eigenvalue weighted by molar-refractivity contribution is 5.23. The van der Waals surface area contributed by atoms with Gasteiger partial charge in [0.05, 0.1) is 5.60 Å². The van der Waals surface area contributed by atoms with E-state index in [1.807, 2.05) is 25.9 Å². The molecule has 0 radical (unpaired) electrons. The van der Waals surface area contributed by atoms with E-state index in [9.17, 15) is 5.11 Å². The van der Waals surface area contributed by atoms with Crippen LogP contribution in [0.2, 0.25) is 0 Å². The number of hydrogen-bond acceptors (Lipinski definition) is 3. The van der Waals surface area contributed by atoms with Crippen LogP contribution in [0.1, 0.15) is 39.7 Å². The molecule has 2 unspecified atom stereocenters. The smallest absolute Gasteiger partial charge is 0.0869 e. The molecule has 0 saturated heterocycles. The molecule has 1 rings (SSSR count). The Bertz CT molecular complexity index is 412. The summed E-state index contributed by atoms with van der Waals surface area (Å²) >= 11 is 0. The van der Waals surface area contributed by atoms with Gasteiger partial charge in [0, 0.05) is 19.1 Å². The zero-order valence-corrected chi connectivity index (χ0v) is 14.5. The van der Waals surface area contributed by atoms with Crippen LogP contribution in [0.15, 0.2) is 30.3 Å². The summed E-state index contributed by atoms with van der Waals surface area (Å²) in [4.78, 5) is 2.01. The van der Waals surface area contributed by atoms with Crippen LogP contribution in [0.25, 0.3) is 0 Å². The van der Waals surface area contributed by atoms with Crippen molar-refractivity contribution >= 4 is 0 Å². The van der Waals surface area contributed by atoms with Gasteiger partial charge in [0.25, 0.3) is 0 Å². The summed E-state index contributed by atoms with van der Waals surface area (Å²) in [6.07, 6.45) is 1.04. The highest BCUT2D eigenvalue weighted by atomic mass is 16.3. The molecule has 0 saturated carbocycles. The van der Waals surface area contributed by atoms with E-state index in [2.05, 4.69) is 56.4 Å². The van der Waals surface area contributed by atoms with Gasteiger partial charge in [0.2, 0.25) is 0 Å². The van der Waals surface area contributed by atoms with Gasteiger partial charge in [-0.25, -0.2) is 0 Å². The van der Waals surface area contributed by atoms with Gasteiger partial charge in [0.1, 0.15) is 0 Å². The minimum atomic E-state index is -0.700. The lowest BCUT2D eigenvalue weighted by Gasteiger charge is -2.32. The van der Waals surface area contributed by atoms with Crippen molar-refractivity contribution in [2.75, 3.05) is 27.2 Å². The second-order valence-electron chi connectivity index (χ2n) is 7.47. The molecule has 3 nitrogen and oxygen atoms in total. The van der Waals surface area contributed by atoms with E-state index in [1.54, 1.807) is 0 Å². The topological polar surface area (TPSA) is 35.5 Å². The minimum Gasteiger partial charge on any atom is -0.388 e. The highest BCUT2D eigenvalue weighted by Crippen LogP contribution is 2.28. The van der Waals surface area contributed by atoms with E-state index >= 15 is 0 Å². The molecule has 0 spiro atoms. The standard InChI is InChI=1S/C18H32N2O/c1-15(19-13-18(4,21)14-20(5)6)12-17(2,3)16-10-8-7-9-11-16/h7-11,15,19,21H,12-14H2,1-6H3. The lowest BCUT2D eigenvalue weighted by atomic mass is 9.79. The summed E-state index contributed by atoms with van der Waals surface area (Å²) in [5.41, 5.74) is 0.786. The maximum absolute atomic E-state index is 10.3. The number of hydrogen-bond donors (Lipinski definition) is 2. The van der Waals surface area contributed by atoms with Gasteiger partial charge in [-0.15, -0.1) is 0 Å². The number of nitrogens with one attached hydrogen (secondary N) is 1. The van der Waals surface area contributed by atoms with Gasteiger partial charge in [0.15, 0.2) is 0 Å². The van der Waals surface area contributed by atoms with Crippen LogP contribution in [0.5, 0.6) is 0 Å².